The summed E-state index contributed by atoms with van der Waals surface area (Å²) in [6.07, 6.45) is 0.966. The zero-order chi connectivity index (χ0) is 22.9. The molecule has 1 saturated heterocycles. The molecule has 0 amide bonds. The molecule has 8 nitrogen and oxygen atoms in total. The molecule has 32 heavy (non-hydrogen) atoms. The molecule has 1 fully saturated rings. The van der Waals surface area contributed by atoms with Crippen LogP contribution in [0.3, 0.4) is 0 Å². The summed E-state index contributed by atoms with van der Waals surface area (Å²) in [5.74, 6) is -3.93. The van der Waals surface area contributed by atoms with E-state index in [9.17, 15) is 19.5 Å². The Bertz CT molecular complexity index is 1230. The Kier molecular flexibility index (Phi) is 5.44. The molecular weight excluding hydrogens is 412 g/mol. The molecule has 1 aliphatic rings. The SMILES string of the molecule is CC1(C)OC(=O)C(=Cc2c([O-])n(Cc3ccccc3)n(Cc3ccccc3)c2=O)C(=O)O1. The predicted octanol–water partition coefficient (Wildman–Crippen LogP) is 2.04. The van der Waals surface area contributed by atoms with Gasteiger partial charge in [-0.05, 0) is 23.1 Å². The third-order valence-electron chi connectivity index (χ3n) is 4.98. The largest absolute Gasteiger partial charge is 0.858 e. The predicted molar refractivity (Wildman–Crippen MR) is 113 cm³/mol. The molecule has 0 aliphatic carbocycles. The summed E-state index contributed by atoms with van der Waals surface area (Å²) in [5.41, 5.74) is 0.216. The molecule has 1 aromatic heterocycles. The Labute approximate surface area is 183 Å². The molecule has 2 heterocycles. The highest BCUT2D eigenvalue weighted by molar-refractivity contribution is 6.19. The lowest BCUT2D eigenvalue weighted by Gasteiger charge is -2.29. The number of carbonyl (C=O) groups excluding carboxylic acids is 2. The molecule has 164 valence electrons. The first kappa shape index (κ1) is 21.2. The zero-order valence-corrected chi connectivity index (χ0v) is 17.6. The Balaban J connectivity index is 1.81. The number of cyclic esters (lactones) is 2. The Morgan fingerprint density at radius 3 is 1.78 bits per heavy atom. The van der Waals surface area contributed by atoms with Crippen molar-refractivity contribution in [3.63, 3.8) is 0 Å². The molecule has 0 atom stereocenters. The van der Waals surface area contributed by atoms with Gasteiger partial charge in [0.2, 0.25) is 0 Å². The van der Waals surface area contributed by atoms with E-state index >= 15 is 0 Å². The van der Waals surface area contributed by atoms with Crippen molar-refractivity contribution in [2.24, 2.45) is 0 Å². The first-order valence-corrected chi connectivity index (χ1v) is 10.0. The lowest BCUT2D eigenvalue weighted by molar-refractivity contribution is -0.280. The molecule has 0 N–H and O–H groups in total. The fraction of sp³-hybridized carbons (Fsp3) is 0.208. The topological polar surface area (TPSA) is 103 Å². The molecule has 4 rings (SSSR count). The summed E-state index contributed by atoms with van der Waals surface area (Å²) in [7, 11) is 0. The molecule has 2 aromatic carbocycles. The van der Waals surface area contributed by atoms with Crippen LogP contribution in [0.5, 0.6) is 5.88 Å². The standard InChI is InChI=1S/C24H22N2O6/c1-24(2)31-22(29)19(23(30)32-24)13-18-20(27)25(14-16-9-5-3-6-10-16)26(21(18)28)15-17-11-7-4-8-12-17/h3-13,27H,14-15H2,1-2H3/p-1. The van der Waals surface area contributed by atoms with Crippen molar-refractivity contribution < 1.29 is 24.2 Å². The van der Waals surface area contributed by atoms with Crippen molar-refractivity contribution in [2.75, 3.05) is 0 Å². The molecule has 0 bridgehead atoms. The molecular formula is C24H21N2O6-. The van der Waals surface area contributed by atoms with Gasteiger partial charge in [0.25, 0.3) is 11.3 Å². The van der Waals surface area contributed by atoms with E-state index in [1.54, 1.807) is 0 Å². The minimum absolute atomic E-state index is 0.146. The maximum Gasteiger partial charge on any atom is 0.348 e. The number of aromatic nitrogens is 2. The number of carbonyl (C=O) groups is 2. The van der Waals surface area contributed by atoms with Gasteiger partial charge in [0, 0.05) is 13.8 Å². The number of nitrogens with zero attached hydrogens (tertiary/aromatic N) is 2. The second-order valence-electron chi connectivity index (χ2n) is 7.85. The van der Waals surface area contributed by atoms with Crippen LogP contribution in [0, 0.1) is 0 Å². The van der Waals surface area contributed by atoms with Crippen LogP contribution in [-0.4, -0.2) is 27.1 Å². The smallest absolute Gasteiger partial charge is 0.348 e. The van der Waals surface area contributed by atoms with E-state index in [0.29, 0.717) is 0 Å². The van der Waals surface area contributed by atoms with E-state index in [1.165, 1.54) is 23.2 Å². The van der Waals surface area contributed by atoms with Crippen molar-refractivity contribution in [3.8, 4) is 5.88 Å². The van der Waals surface area contributed by atoms with E-state index in [2.05, 4.69) is 0 Å². The zero-order valence-electron chi connectivity index (χ0n) is 17.6. The highest BCUT2D eigenvalue weighted by Crippen LogP contribution is 2.25. The normalized spacial score (nSPS) is 15.2. The lowest BCUT2D eigenvalue weighted by atomic mass is 10.1. The first-order valence-electron chi connectivity index (χ1n) is 10.0. The minimum atomic E-state index is -1.42. The van der Waals surface area contributed by atoms with Crippen LogP contribution in [0.15, 0.2) is 71.0 Å². The summed E-state index contributed by atoms with van der Waals surface area (Å²) in [4.78, 5) is 37.8. The lowest BCUT2D eigenvalue weighted by Crippen LogP contribution is -2.41. The van der Waals surface area contributed by atoms with Gasteiger partial charge in [0.1, 0.15) is 5.57 Å². The van der Waals surface area contributed by atoms with Crippen LogP contribution in [0.25, 0.3) is 6.08 Å². The fourth-order valence-corrected chi connectivity index (χ4v) is 3.46. The average molecular weight is 433 g/mol. The van der Waals surface area contributed by atoms with Crippen LogP contribution < -0.4 is 10.7 Å². The highest BCUT2D eigenvalue weighted by atomic mass is 16.7. The maximum atomic E-state index is 13.2. The van der Waals surface area contributed by atoms with Gasteiger partial charge < -0.3 is 14.6 Å². The van der Waals surface area contributed by atoms with Gasteiger partial charge in [-0.1, -0.05) is 60.7 Å². The van der Waals surface area contributed by atoms with Crippen LogP contribution >= 0.6 is 0 Å². The number of esters is 2. The number of hydrogen-bond acceptors (Lipinski definition) is 6. The second kappa shape index (κ2) is 8.22. The minimum Gasteiger partial charge on any atom is -0.858 e. The summed E-state index contributed by atoms with van der Waals surface area (Å²) < 4.78 is 12.8. The van der Waals surface area contributed by atoms with Crippen LogP contribution in [-0.2, 0) is 32.2 Å². The van der Waals surface area contributed by atoms with Crippen molar-refractivity contribution in [3.05, 3.63) is 93.3 Å². The van der Waals surface area contributed by atoms with Gasteiger partial charge in [-0.25, -0.2) is 14.3 Å². The number of benzene rings is 2. The second-order valence-corrected chi connectivity index (χ2v) is 7.85. The number of ether oxygens (including phenoxy) is 2. The molecule has 0 radical (unpaired) electrons. The molecule has 0 spiro atoms. The van der Waals surface area contributed by atoms with E-state index in [-0.39, 0.29) is 18.7 Å². The van der Waals surface area contributed by atoms with Crippen molar-refractivity contribution >= 4 is 18.0 Å². The summed E-state index contributed by atoms with van der Waals surface area (Å²) >= 11 is 0. The maximum absolute atomic E-state index is 13.2. The molecule has 0 unspecified atom stereocenters. The van der Waals surface area contributed by atoms with Gasteiger partial charge in [0.15, 0.2) is 0 Å². The van der Waals surface area contributed by atoms with Crippen LogP contribution in [0.2, 0.25) is 0 Å². The highest BCUT2D eigenvalue weighted by Gasteiger charge is 2.39. The molecule has 1 aliphatic heterocycles. The van der Waals surface area contributed by atoms with E-state index in [1.807, 2.05) is 60.7 Å². The average Bonchev–Trinajstić information content (AvgIpc) is 2.95. The number of hydrogen-bond donors (Lipinski definition) is 0. The fourth-order valence-electron chi connectivity index (χ4n) is 3.46. The first-order chi connectivity index (χ1) is 15.2. The van der Waals surface area contributed by atoms with E-state index in [4.69, 9.17) is 9.47 Å². The third-order valence-corrected chi connectivity index (χ3v) is 4.98. The van der Waals surface area contributed by atoms with Gasteiger partial charge in [-0.3, -0.25) is 9.48 Å². The van der Waals surface area contributed by atoms with Crippen LogP contribution in [0.4, 0.5) is 0 Å². The summed E-state index contributed by atoms with van der Waals surface area (Å²) in [6.45, 7) is 3.13. The van der Waals surface area contributed by atoms with E-state index < -0.39 is 34.7 Å². The van der Waals surface area contributed by atoms with Crippen molar-refractivity contribution in [1.29, 1.82) is 0 Å². The van der Waals surface area contributed by atoms with Crippen molar-refractivity contribution in [1.82, 2.24) is 9.36 Å². The monoisotopic (exact) mass is 433 g/mol. The number of rotatable bonds is 5. The van der Waals surface area contributed by atoms with Gasteiger partial charge in [-0.2, -0.15) is 0 Å². The Morgan fingerprint density at radius 1 is 0.812 bits per heavy atom. The van der Waals surface area contributed by atoms with Crippen LogP contribution in [0.1, 0.15) is 30.5 Å². The van der Waals surface area contributed by atoms with Crippen molar-refractivity contribution in [2.45, 2.75) is 32.7 Å². The quantitative estimate of drug-likeness (QED) is 0.347. The summed E-state index contributed by atoms with van der Waals surface area (Å²) in [6, 6.07) is 18.4. The Hall–Kier alpha value is -4.07. The summed E-state index contributed by atoms with van der Waals surface area (Å²) in [5, 5.41) is 13.2. The van der Waals surface area contributed by atoms with Gasteiger partial charge in [-0.15, -0.1) is 0 Å². The Morgan fingerprint density at radius 2 is 1.28 bits per heavy atom. The third kappa shape index (κ3) is 4.20. The van der Waals surface area contributed by atoms with E-state index in [0.717, 1.165) is 17.2 Å². The molecule has 0 saturated carbocycles. The molecule has 3 aromatic rings. The van der Waals surface area contributed by atoms with Gasteiger partial charge in [0.05, 0.1) is 18.7 Å². The molecule has 8 heteroatoms. The van der Waals surface area contributed by atoms with Gasteiger partial charge >= 0.3 is 11.9 Å².